The van der Waals surface area contributed by atoms with Crippen molar-refractivity contribution in [3.63, 3.8) is 0 Å². The Labute approximate surface area is 149 Å². The van der Waals surface area contributed by atoms with E-state index in [1.54, 1.807) is 0 Å². The van der Waals surface area contributed by atoms with Crippen LogP contribution in [-0.4, -0.2) is 11.6 Å². The number of hydrogen-bond acceptors (Lipinski definition) is 2. The lowest BCUT2D eigenvalue weighted by molar-refractivity contribution is -0.159. The van der Waals surface area contributed by atoms with Crippen molar-refractivity contribution in [2.45, 2.75) is 104 Å². The van der Waals surface area contributed by atoms with Crippen LogP contribution in [-0.2, 0) is 9.53 Å². The van der Waals surface area contributed by atoms with Gasteiger partial charge in [-0.2, -0.15) is 0 Å². The van der Waals surface area contributed by atoms with E-state index in [-0.39, 0.29) is 11.6 Å². The SMILES string of the molecule is CCC1(OC(=O)CCCCC2CC3CC2C(C)(C)C3C)CCCC1. The van der Waals surface area contributed by atoms with Gasteiger partial charge in [0.25, 0.3) is 0 Å². The van der Waals surface area contributed by atoms with Crippen LogP contribution in [0.4, 0.5) is 0 Å². The minimum absolute atomic E-state index is 0.0562. The van der Waals surface area contributed by atoms with Crippen LogP contribution in [0.15, 0.2) is 0 Å². The number of carbonyl (C=O) groups is 1. The Kier molecular flexibility index (Phi) is 5.33. The van der Waals surface area contributed by atoms with Gasteiger partial charge in [-0.25, -0.2) is 0 Å². The van der Waals surface area contributed by atoms with Crippen molar-refractivity contribution in [2.75, 3.05) is 0 Å². The highest BCUT2D eigenvalue weighted by Crippen LogP contribution is 2.62. The van der Waals surface area contributed by atoms with Gasteiger partial charge in [-0.05, 0) is 80.5 Å². The maximum absolute atomic E-state index is 12.2. The molecule has 0 spiro atoms. The molecule has 0 saturated heterocycles. The summed E-state index contributed by atoms with van der Waals surface area (Å²) >= 11 is 0. The van der Waals surface area contributed by atoms with Crippen LogP contribution in [0.25, 0.3) is 0 Å². The van der Waals surface area contributed by atoms with Crippen LogP contribution in [0.5, 0.6) is 0 Å². The van der Waals surface area contributed by atoms with Crippen molar-refractivity contribution in [1.29, 1.82) is 0 Å². The van der Waals surface area contributed by atoms with Gasteiger partial charge < -0.3 is 4.74 Å². The quantitative estimate of drug-likeness (QED) is 0.413. The van der Waals surface area contributed by atoms with Crippen molar-refractivity contribution in [3.8, 4) is 0 Å². The summed E-state index contributed by atoms with van der Waals surface area (Å²) in [5, 5.41) is 0. The molecule has 24 heavy (non-hydrogen) atoms. The van der Waals surface area contributed by atoms with Crippen LogP contribution in [0.3, 0.4) is 0 Å². The van der Waals surface area contributed by atoms with Crippen molar-refractivity contribution < 1.29 is 9.53 Å². The predicted octanol–water partition coefficient (Wildman–Crippen LogP) is 6.13. The molecule has 0 heterocycles. The zero-order valence-corrected chi connectivity index (χ0v) is 16.4. The van der Waals surface area contributed by atoms with Gasteiger partial charge in [0.1, 0.15) is 5.60 Å². The highest BCUT2D eigenvalue weighted by atomic mass is 16.6. The molecule has 3 saturated carbocycles. The average Bonchev–Trinajstić information content (AvgIpc) is 3.22. The molecule has 0 aromatic carbocycles. The van der Waals surface area contributed by atoms with Gasteiger partial charge >= 0.3 is 5.97 Å². The molecule has 2 bridgehead atoms. The molecule has 3 fully saturated rings. The van der Waals surface area contributed by atoms with E-state index in [0.29, 0.717) is 11.8 Å². The molecular weight excluding hydrogens is 296 g/mol. The highest BCUT2D eigenvalue weighted by Gasteiger charge is 2.54. The van der Waals surface area contributed by atoms with Crippen molar-refractivity contribution in [3.05, 3.63) is 0 Å². The molecule has 0 aliphatic heterocycles. The molecule has 2 heteroatoms. The summed E-state index contributed by atoms with van der Waals surface area (Å²) in [6.07, 6.45) is 12.6. The Balaban J connectivity index is 1.37. The molecule has 4 atom stereocenters. The molecule has 2 nitrogen and oxygen atoms in total. The summed E-state index contributed by atoms with van der Waals surface area (Å²) in [6.45, 7) is 9.59. The van der Waals surface area contributed by atoms with E-state index in [2.05, 4.69) is 27.7 Å². The average molecular weight is 335 g/mol. The minimum atomic E-state index is -0.109. The second-order valence-corrected chi connectivity index (χ2v) is 9.67. The first kappa shape index (κ1) is 18.3. The van der Waals surface area contributed by atoms with Gasteiger partial charge in [0, 0.05) is 6.42 Å². The van der Waals surface area contributed by atoms with E-state index < -0.39 is 0 Å². The van der Waals surface area contributed by atoms with Crippen LogP contribution >= 0.6 is 0 Å². The van der Waals surface area contributed by atoms with Crippen LogP contribution in [0.2, 0.25) is 0 Å². The Morgan fingerprint density at radius 2 is 1.83 bits per heavy atom. The van der Waals surface area contributed by atoms with E-state index >= 15 is 0 Å². The number of hydrogen-bond donors (Lipinski definition) is 0. The van der Waals surface area contributed by atoms with Gasteiger partial charge in [-0.1, -0.05) is 40.5 Å². The fraction of sp³-hybridized carbons (Fsp3) is 0.955. The fourth-order valence-electron chi connectivity index (χ4n) is 6.27. The molecule has 3 aliphatic carbocycles. The minimum Gasteiger partial charge on any atom is -0.459 e. The molecule has 4 unspecified atom stereocenters. The third kappa shape index (κ3) is 3.40. The van der Waals surface area contributed by atoms with E-state index in [9.17, 15) is 4.79 Å². The molecular formula is C22H38O2. The van der Waals surface area contributed by atoms with Crippen LogP contribution in [0.1, 0.15) is 98.3 Å². The predicted molar refractivity (Wildman–Crippen MR) is 98.7 cm³/mol. The number of fused-ring (bicyclic) bond motifs is 2. The third-order valence-corrected chi connectivity index (χ3v) is 8.26. The molecule has 3 aliphatic rings. The van der Waals surface area contributed by atoms with Crippen molar-refractivity contribution >= 4 is 5.97 Å². The monoisotopic (exact) mass is 334 g/mol. The highest BCUT2D eigenvalue weighted by molar-refractivity contribution is 5.69. The maximum Gasteiger partial charge on any atom is 0.306 e. The number of carbonyl (C=O) groups excluding carboxylic acids is 1. The number of rotatable bonds is 7. The third-order valence-electron chi connectivity index (χ3n) is 8.26. The summed E-state index contributed by atoms with van der Waals surface area (Å²) in [5.74, 6) is 3.75. The molecule has 0 aromatic heterocycles. The summed E-state index contributed by atoms with van der Waals surface area (Å²) in [7, 11) is 0. The molecule has 0 aromatic rings. The Morgan fingerprint density at radius 3 is 2.42 bits per heavy atom. The zero-order valence-electron chi connectivity index (χ0n) is 16.4. The van der Waals surface area contributed by atoms with Gasteiger partial charge in [0.15, 0.2) is 0 Å². The molecule has 0 amide bonds. The topological polar surface area (TPSA) is 26.3 Å². The van der Waals surface area contributed by atoms with E-state index in [1.807, 2.05) is 0 Å². The van der Waals surface area contributed by atoms with Crippen LogP contribution < -0.4 is 0 Å². The number of esters is 1. The normalized spacial score (nSPS) is 36.2. The summed E-state index contributed by atoms with van der Waals surface area (Å²) in [6, 6.07) is 0. The zero-order chi connectivity index (χ0) is 17.4. The molecule has 0 N–H and O–H groups in total. The first-order valence-electron chi connectivity index (χ1n) is 10.6. The summed E-state index contributed by atoms with van der Waals surface area (Å²) in [4.78, 5) is 12.2. The standard InChI is InChI=1S/C22H38O2/c1-5-22(12-8-9-13-22)24-20(23)11-7-6-10-17-14-18-15-19(17)21(3,4)16(18)2/h16-19H,5-15H2,1-4H3. The summed E-state index contributed by atoms with van der Waals surface area (Å²) < 4.78 is 5.88. The van der Waals surface area contributed by atoms with Crippen molar-refractivity contribution in [2.24, 2.45) is 29.1 Å². The largest absolute Gasteiger partial charge is 0.459 e. The maximum atomic E-state index is 12.2. The Bertz CT molecular complexity index is 447. The molecule has 0 radical (unpaired) electrons. The van der Waals surface area contributed by atoms with Gasteiger partial charge in [0.2, 0.25) is 0 Å². The summed E-state index contributed by atoms with van der Waals surface area (Å²) in [5.41, 5.74) is 0.421. The fourth-order valence-corrected chi connectivity index (χ4v) is 6.27. The first-order valence-corrected chi connectivity index (χ1v) is 10.6. The van der Waals surface area contributed by atoms with E-state index in [0.717, 1.165) is 49.4 Å². The lowest BCUT2D eigenvalue weighted by Crippen LogP contribution is -2.34. The molecule has 3 rings (SSSR count). The lowest BCUT2D eigenvalue weighted by atomic mass is 9.64. The second kappa shape index (κ2) is 7.00. The molecule has 138 valence electrons. The van der Waals surface area contributed by atoms with Crippen LogP contribution in [0, 0.1) is 29.1 Å². The lowest BCUT2D eigenvalue weighted by Gasteiger charge is -2.41. The van der Waals surface area contributed by atoms with E-state index in [4.69, 9.17) is 4.74 Å². The van der Waals surface area contributed by atoms with Crippen molar-refractivity contribution in [1.82, 2.24) is 0 Å². The van der Waals surface area contributed by atoms with Gasteiger partial charge in [-0.3, -0.25) is 4.79 Å². The number of unbranched alkanes of at least 4 members (excludes halogenated alkanes) is 1. The number of ether oxygens (including phenoxy) is 1. The second-order valence-electron chi connectivity index (χ2n) is 9.67. The smallest absolute Gasteiger partial charge is 0.306 e. The van der Waals surface area contributed by atoms with Gasteiger partial charge in [0.05, 0.1) is 0 Å². The van der Waals surface area contributed by atoms with E-state index in [1.165, 1.54) is 38.5 Å². The Morgan fingerprint density at radius 1 is 1.12 bits per heavy atom. The van der Waals surface area contributed by atoms with Gasteiger partial charge in [-0.15, -0.1) is 0 Å². The Hall–Kier alpha value is -0.530. The first-order chi connectivity index (χ1) is 11.4.